The number of hydrogen-bond acceptors (Lipinski definition) is 6. The molecule has 3 aromatic heterocycles. The predicted octanol–water partition coefficient (Wildman–Crippen LogP) is 3.06. The summed E-state index contributed by atoms with van der Waals surface area (Å²) in [5.74, 6) is 1.61. The number of anilines is 2. The van der Waals surface area contributed by atoms with E-state index in [4.69, 9.17) is 9.97 Å². The van der Waals surface area contributed by atoms with Crippen LogP contribution in [-0.4, -0.2) is 45.6 Å². The van der Waals surface area contributed by atoms with Crippen molar-refractivity contribution >= 4 is 28.7 Å². The topological polar surface area (TPSA) is 79.2 Å². The number of imidazole rings is 1. The van der Waals surface area contributed by atoms with E-state index in [2.05, 4.69) is 49.0 Å². The Kier molecular flexibility index (Phi) is 5.66. The highest BCUT2D eigenvalue weighted by Crippen LogP contribution is 2.30. The van der Waals surface area contributed by atoms with Crippen molar-refractivity contribution in [1.29, 1.82) is 0 Å². The molecule has 31 heavy (non-hydrogen) atoms. The van der Waals surface area contributed by atoms with Gasteiger partial charge in [0, 0.05) is 25.7 Å². The van der Waals surface area contributed by atoms with Gasteiger partial charge in [-0.3, -0.25) is 9.69 Å². The first-order valence-corrected chi connectivity index (χ1v) is 10.8. The molecule has 0 aliphatic carbocycles. The minimum atomic E-state index is 0.0507. The van der Waals surface area contributed by atoms with Gasteiger partial charge in [-0.15, -0.1) is 0 Å². The average molecular weight is 422 g/mol. The van der Waals surface area contributed by atoms with Gasteiger partial charge in [-0.1, -0.05) is 0 Å². The molecule has 0 bridgehead atoms. The molecule has 1 aliphatic rings. The summed E-state index contributed by atoms with van der Waals surface area (Å²) in [6.45, 7) is 9.58. The van der Waals surface area contributed by atoms with E-state index in [0.29, 0.717) is 31.4 Å². The molecule has 8 heteroatoms. The van der Waals surface area contributed by atoms with Crippen molar-refractivity contribution in [1.82, 2.24) is 24.8 Å². The fourth-order valence-electron chi connectivity index (χ4n) is 3.92. The molecule has 8 nitrogen and oxygen atoms in total. The van der Waals surface area contributed by atoms with Gasteiger partial charge < -0.3 is 14.8 Å². The first kappa shape index (κ1) is 21.2. The Bertz CT molecular complexity index is 1120. The van der Waals surface area contributed by atoms with E-state index >= 15 is 0 Å². The summed E-state index contributed by atoms with van der Waals surface area (Å²) in [7, 11) is 3.96. The van der Waals surface area contributed by atoms with Crippen LogP contribution in [-0.2, 0) is 24.3 Å². The van der Waals surface area contributed by atoms with Gasteiger partial charge in [0.2, 0.25) is 5.91 Å². The molecule has 0 spiro atoms. The van der Waals surface area contributed by atoms with Gasteiger partial charge in [0.15, 0.2) is 5.65 Å². The fraction of sp³-hybridized carbons (Fsp3) is 0.478. The number of hydrogen-bond donors (Lipinski definition) is 1. The zero-order chi connectivity index (χ0) is 22.3. The third-order valence-corrected chi connectivity index (χ3v) is 5.97. The van der Waals surface area contributed by atoms with E-state index in [9.17, 15) is 4.79 Å². The molecule has 0 saturated heterocycles. The maximum atomic E-state index is 13.1. The molecule has 0 atom stereocenters. The Morgan fingerprint density at radius 3 is 2.65 bits per heavy atom. The van der Waals surface area contributed by atoms with E-state index < -0.39 is 0 Å². The van der Waals surface area contributed by atoms with Crippen LogP contribution in [0.25, 0.3) is 11.2 Å². The summed E-state index contributed by atoms with van der Waals surface area (Å²) in [5, 5.41) is 3.22. The molecule has 0 radical (unpaired) electrons. The quantitative estimate of drug-likeness (QED) is 0.659. The van der Waals surface area contributed by atoms with Crippen LogP contribution in [0.5, 0.6) is 0 Å². The third kappa shape index (κ3) is 3.87. The highest BCUT2D eigenvalue weighted by Gasteiger charge is 2.29. The number of nitrogens with one attached hydrogen (secondary N) is 1. The van der Waals surface area contributed by atoms with Gasteiger partial charge in [-0.25, -0.2) is 15.0 Å². The lowest BCUT2D eigenvalue weighted by Gasteiger charge is -2.31. The molecule has 0 saturated carbocycles. The van der Waals surface area contributed by atoms with Crippen molar-refractivity contribution in [2.75, 3.05) is 23.9 Å². The molecule has 4 heterocycles. The predicted molar refractivity (Wildman–Crippen MR) is 123 cm³/mol. The van der Waals surface area contributed by atoms with Crippen LogP contribution in [0.2, 0.25) is 0 Å². The number of aromatic nitrogens is 4. The Labute approximate surface area is 183 Å². The Balaban J connectivity index is 1.75. The van der Waals surface area contributed by atoms with Crippen LogP contribution in [0, 0.1) is 0 Å². The first-order valence-electron chi connectivity index (χ1n) is 10.8. The standard InChI is InChI=1S/C23H31N7O/c1-14(2)28(6)21-9-16-10-22(31)29(12-17(16)19(26-21)11-24-5)20-8-7-18-23(27-20)30(13-25-18)15(3)4/h7-9,13-15,24H,10-12H2,1-6H3. The van der Waals surface area contributed by atoms with Crippen LogP contribution in [0.15, 0.2) is 24.5 Å². The molecule has 1 aliphatic heterocycles. The summed E-state index contributed by atoms with van der Waals surface area (Å²) in [6.07, 6.45) is 2.15. The number of carbonyl (C=O) groups excluding carboxylic acids is 1. The van der Waals surface area contributed by atoms with Crippen LogP contribution < -0.4 is 15.1 Å². The van der Waals surface area contributed by atoms with Crippen LogP contribution in [0.4, 0.5) is 11.6 Å². The molecule has 164 valence electrons. The summed E-state index contributed by atoms with van der Waals surface area (Å²) < 4.78 is 2.03. The molecule has 3 aromatic rings. The molecule has 0 unspecified atom stereocenters. The summed E-state index contributed by atoms with van der Waals surface area (Å²) in [5.41, 5.74) is 4.77. The van der Waals surface area contributed by atoms with Crippen molar-refractivity contribution in [2.45, 2.75) is 59.3 Å². The van der Waals surface area contributed by atoms with E-state index in [0.717, 1.165) is 33.8 Å². The van der Waals surface area contributed by atoms with E-state index in [1.54, 1.807) is 11.2 Å². The molecular formula is C23H31N7O. The van der Waals surface area contributed by atoms with Crippen LogP contribution in [0.3, 0.4) is 0 Å². The van der Waals surface area contributed by atoms with Gasteiger partial charge in [-0.05, 0) is 64.1 Å². The monoisotopic (exact) mass is 421 g/mol. The second kappa shape index (κ2) is 8.26. The molecule has 4 rings (SSSR count). The van der Waals surface area contributed by atoms with Gasteiger partial charge >= 0.3 is 0 Å². The lowest BCUT2D eigenvalue weighted by atomic mass is 9.97. The van der Waals surface area contributed by atoms with Gasteiger partial charge in [-0.2, -0.15) is 0 Å². The molecule has 0 aromatic carbocycles. The smallest absolute Gasteiger partial charge is 0.232 e. The zero-order valence-electron chi connectivity index (χ0n) is 19.2. The largest absolute Gasteiger partial charge is 0.357 e. The molecular weight excluding hydrogens is 390 g/mol. The van der Waals surface area contributed by atoms with Gasteiger partial charge in [0.25, 0.3) is 0 Å². The maximum absolute atomic E-state index is 13.1. The summed E-state index contributed by atoms with van der Waals surface area (Å²) in [6, 6.07) is 6.45. The summed E-state index contributed by atoms with van der Waals surface area (Å²) in [4.78, 5) is 31.2. The first-order chi connectivity index (χ1) is 14.8. The molecule has 1 N–H and O–H groups in total. The number of pyridine rings is 2. The van der Waals surface area contributed by atoms with Crippen LogP contribution in [0.1, 0.15) is 50.6 Å². The lowest BCUT2D eigenvalue weighted by Crippen LogP contribution is -2.38. The number of fused-ring (bicyclic) bond motifs is 2. The Morgan fingerprint density at radius 1 is 1.19 bits per heavy atom. The van der Waals surface area contributed by atoms with E-state index in [1.165, 1.54) is 0 Å². The molecule has 0 fully saturated rings. The van der Waals surface area contributed by atoms with Crippen molar-refractivity contribution in [3.63, 3.8) is 0 Å². The summed E-state index contributed by atoms with van der Waals surface area (Å²) >= 11 is 0. The van der Waals surface area contributed by atoms with Crippen molar-refractivity contribution < 1.29 is 4.79 Å². The van der Waals surface area contributed by atoms with Crippen molar-refractivity contribution in [2.24, 2.45) is 0 Å². The molecule has 1 amide bonds. The minimum Gasteiger partial charge on any atom is -0.357 e. The third-order valence-electron chi connectivity index (χ3n) is 5.97. The SMILES string of the molecule is CNCc1nc(N(C)C(C)C)cc2c1CN(c1ccc3ncn(C(C)C)c3n1)C(=O)C2. The Morgan fingerprint density at radius 2 is 1.97 bits per heavy atom. The van der Waals surface area contributed by atoms with E-state index in [-0.39, 0.29) is 11.9 Å². The maximum Gasteiger partial charge on any atom is 0.232 e. The van der Waals surface area contributed by atoms with Gasteiger partial charge in [0.05, 0.1) is 25.0 Å². The number of rotatable bonds is 6. The zero-order valence-corrected chi connectivity index (χ0v) is 19.2. The highest BCUT2D eigenvalue weighted by molar-refractivity contribution is 5.96. The number of amides is 1. The second-order valence-corrected chi connectivity index (χ2v) is 8.71. The van der Waals surface area contributed by atoms with E-state index in [1.807, 2.05) is 30.8 Å². The number of carbonyl (C=O) groups is 1. The second-order valence-electron chi connectivity index (χ2n) is 8.71. The van der Waals surface area contributed by atoms with Crippen molar-refractivity contribution in [3.8, 4) is 0 Å². The number of nitrogens with zero attached hydrogens (tertiary/aromatic N) is 6. The van der Waals surface area contributed by atoms with Crippen molar-refractivity contribution in [3.05, 3.63) is 41.3 Å². The average Bonchev–Trinajstić information content (AvgIpc) is 3.16. The van der Waals surface area contributed by atoms with Gasteiger partial charge in [0.1, 0.15) is 17.2 Å². The fourth-order valence-corrected chi connectivity index (χ4v) is 3.92. The lowest BCUT2D eigenvalue weighted by molar-refractivity contribution is -0.118. The van der Waals surface area contributed by atoms with Crippen LogP contribution >= 0.6 is 0 Å². The normalized spacial score (nSPS) is 14.1. The minimum absolute atomic E-state index is 0.0507. The highest BCUT2D eigenvalue weighted by atomic mass is 16.2. The Hall–Kier alpha value is -3.00.